The van der Waals surface area contributed by atoms with Crippen molar-refractivity contribution in [2.24, 2.45) is 34.5 Å². The summed E-state index contributed by atoms with van der Waals surface area (Å²) in [6, 6.07) is 0. The Morgan fingerprint density at radius 2 is 1.55 bits per heavy atom. The van der Waals surface area contributed by atoms with Crippen LogP contribution in [0.2, 0.25) is 0 Å². The SMILES string of the molecule is C=C[C@@H](C)CC(=O)[C@H]1[C@@H](C)CC[C@H]2C(C)(C)CC(OC(C)=O)C(OC(C)=O)(OC(C)=O)[C@]12C. The summed E-state index contributed by atoms with van der Waals surface area (Å²) in [4.78, 5) is 50.8. The van der Waals surface area contributed by atoms with Crippen LogP contribution in [0, 0.1) is 34.5 Å². The van der Waals surface area contributed by atoms with E-state index in [9.17, 15) is 19.2 Å². The van der Waals surface area contributed by atoms with Crippen molar-refractivity contribution in [3.8, 4) is 0 Å². The molecule has 2 rings (SSSR count). The zero-order valence-corrected chi connectivity index (χ0v) is 21.4. The number of ketones is 1. The minimum atomic E-state index is -1.91. The van der Waals surface area contributed by atoms with Crippen LogP contribution in [0.15, 0.2) is 12.7 Å². The van der Waals surface area contributed by atoms with E-state index < -0.39 is 41.1 Å². The zero-order chi connectivity index (χ0) is 25.4. The van der Waals surface area contributed by atoms with E-state index in [1.165, 1.54) is 20.8 Å². The first-order valence-corrected chi connectivity index (χ1v) is 11.8. The molecule has 7 heteroatoms. The Bertz CT molecular complexity index is 797. The predicted octanol–water partition coefficient (Wildman–Crippen LogP) is 4.62. The average molecular weight is 465 g/mol. The standard InChI is InChI=1S/C26H40O7/c1-10-15(2)13-20(30)23-16(3)11-12-21-24(7,8)14-22(31-17(4)27)26(25(21,23)9,32-18(5)28)33-19(6)29/h10,15-16,21-23H,1,11-14H2,2-9H3/t15-,16+,21+,22?,23-,25+/m1/s1. The number of rotatable bonds is 7. The number of carbonyl (C=O) groups excluding carboxylic acids is 4. The largest absolute Gasteiger partial charge is 0.454 e. The minimum absolute atomic E-state index is 0.00468. The van der Waals surface area contributed by atoms with Gasteiger partial charge in [0.15, 0.2) is 6.10 Å². The van der Waals surface area contributed by atoms with Crippen molar-refractivity contribution >= 4 is 23.7 Å². The Kier molecular flexibility index (Phi) is 7.87. The first kappa shape index (κ1) is 27.1. The van der Waals surface area contributed by atoms with Crippen LogP contribution in [0.25, 0.3) is 0 Å². The highest BCUT2D eigenvalue weighted by atomic mass is 16.8. The van der Waals surface area contributed by atoms with E-state index in [4.69, 9.17) is 14.2 Å². The number of fused-ring (bicyclic) bond motifs is 1. The van der Waals surface area contributed by atoms with E-state index in [0.717, 1.165) is 12.8 Å². The number of allylic oxidation sites excluding steroid dienone is 1. The number of esters is 3. The number of ether oxygens (including phenoxy) is 3. The molecule has 6 atom stereocenters. The second-order valence-electron chi connectivity index (χ2n) is 10.9. The van der Waals surface area contributed by atoms with Crippen LogP contribution in [0.1, 0.15) is 81.1 Å². The predicted molar refractivity (Wildman–Crippen MR) is 123 cm³/mol. The van der Waals surface area contributed by atoms with Crippen LogP contribution in [0.5, 0.6) is 0 Å². The molecule has 0 aliphatic heterocycles. The summed E-state index contributed by atoms with van der Waals surface area (Å²) >= 11 is 0. The monoisotopic (exact) mass is 464 g/mol. The molecule has 0 aromatic rings. The minimum Gasteiger partial charge on any atom is -0.454 e. The summed E-state index contributed by atoms with van der Waals surface area (Å²) in [5, 5.41) is 0. The molecule has 0 aromatic heterocycles. The van der Waals surface area contributed by atoms with E-state index in [-0.39, 0.29) is 35.4 Å². The molecular formula is C26H40O7. The molecule has 2 aliphatic carbocycles. The van der Waals surface area contributed by atoms with Gasteiger partial charge < -0.3 is 14.2 Å². The van der Waals surface area contributed by atoms with Gasteiger partial charge in [0.2, 0.25) is 0 Å². The van der Waals surface area contributed by atoms with E-state index in [1.54, 1.807) is 6.08 Å². The number of hydrogen-bond acceptors (Lipinski definition) is 7. The molecule has 0 N–H and O–H groups in total. The lowest BCUT2D eigenvalue weighted by Gasteiger charge is -2.65. The lowest BCUT2D eigenvalue weighted by Crippen LogP contribution is -2.74. The van der Waals surface area contributed by atoms with Gasteiger partial charge in [-0.15, -0.1) is 6.58 Å². The van der Waals surface area contributed by atoms with E-state index in [2.05, 4.69) is 20.4 Å². The van der Waals surface area contributed by atoms with Gasteiger partial charge in [-0.1, -0.05) is 40.7 Å². The van der Waals surface area contributed by atoms with Crippen LogP contribution in [0.3, 0.4) is 0 Å². The maximum atomic E-state index is 13.8. The average Bonchev–Trinajstić information content (AvgIpc) is 2.64. The summed E-state index contributed by atoms with van der Waals surface area (Å²) in [6.07, 6.45) is 2.88. The summed E-state index contributed by atoms with van der Waals surface area (Å²) in [7, 11) is 0. The molecule has 1 unspecified atom stereocenters. The van der Waals surface area contributed by atoms with Crippen molar-refractivity contribution < 1.29 is 33.4 Å². The molecule has 0 aromatic carbocycles. The van der Waals surface area contributed by atoms with Gasteiger partial charge in [-0.05, 0) is 42.4 Å². The van der Waals surface area contributed by atoms with E-state index in [0.29, 0.717) is 6.42 Å². The lowest BCUT2D eigenvalue weighted by molar-refractivity contribution is -0.361. The van der Waals surface area contributed by atoms with Crippen molar-refractivity contribution in [3.05, 3.63) is 12.7 Å². The maximum Gasteiger partial charge on any atom is 0.306 e. The third kappa shape index (κ3) is 4.87. The highest BCUT2D eigenvalue weighted by Crippen LogP contribution is 2.67. The maximum absolute atomic E-state index is 13.8. The van der Waals surface area contributed by atoms with Crippen LogP contribution >= 0.6 is 0 Å². The molecule has 0 bridgehead atoms. The van der Waals surface area contributed by atoms with Gasteiger partial charge in [0.05, 0.1) is 5.41 Å². The molecule has 0 saturated heterocycles. The Hall–Kier alpha value is -2.18. The van der Waals surface area contributed by atoms with Crippen molar-refractivity contribution in [2.75, 3.05) is 0 Å². The van der Waals surface area contributed by atoms with E-state index >= 15 is 0 Å². The van der Waals surface area contributed by atoms with Crippen molar-refractivity contribution in [2.45, 2.75) is 93.0 Å². The Labute approximate surface area is 197 Å². The fraction of sp³-hybridized carbons (Fsp3) is 0.769. The van der Waals surface area contributed by atoms with Crippen LogP contribution in [-0.4, -0.2) is 35.6 Å². The molecular weight excluding hydrogens is 424 g/mol. The Morgan fingerprint density at radius 1 is 1.00 bits per heavy atom. The van der Waals surface area contributed by atoms with Gasteiger partial charge in [0, 0.05) is 33.1 Å². The first-order chi connectivity index (χ1) is 15.1. The lowest BCUT2D eigenvalue weighted by atomic mass is 9.43. The molecule has 0 radical (unpaired) electrons. The second kappa shape index (κ2) is 9.59. The fourth-order valence-corrected chi connectivity index (χ4v) is 6.77. The third-order valence-corrected chi connectivity index (χ3v) is 7.85. The fourth-order valence-electron chi connectivity index (χ4n) is 6.77. The number of carbonyl (C=O) groups is 4. The highest BCUT2D eigenvalue weighted by molar-refractivity contribution is 5.83. The number of Topliss-reactive ketones (excluding diaryl/α,β-unsaturated/α-hetero) is 1. The Morgan fingerprint density at radius 3 is 2.00 bits per heavy atom. The molecule has 0 spiro atoms. The molecule has 186 valence electrons. The summed E-state index contributed by atoms with van der Waals surface area (Å²) in [6.45, 7) is 17.5. The normalized spacial score (nSPS) is 33.1. The number of hydrogen-bond donors (Lipinski definition) is 0. The molecule has 2 saturated carbocycles. The molecule has 0 amide bonds. The first-order valence-electron chi connectivity index (χ1n) is 11.8. The summed E-state index contributed by atoms with van der Waals surface area (Å²) < 4.78 is 17.5. The van der Waals surface area contributed by atoms with Crippen molar-refractivity contribution in [1.82, 2.24) is 0 Å². The van der Waals surface area contributed by atoms with Gasteiger partial charge in [-0.25, -0.2) is 0 Å². The molecule has 2 fully saturated rings. The van der Waals surface area contributed by atoms with Crippen molar-refractivity contribution in [1.29, 1.82) is 0 Å². The van der Waals surface area contributed by atoms with Gasteiger partial charge in [0.1, 0.15) is 5.78 Å². The van der Waals surface area contributed by atoms with Crippen LogP contribution in [-0.2, 0) is 33.4 Å². The molecule has 0 heterocycles. The van der Waals surface area contributed by atoms with Gasteiger partial charge >= 0.3 is 17.9 Å². The highest BCUT2D eigenvalue weighted by Gasteiger charge is 2.74. The summed E-state index contributed by atoms with van der Waals surface area (Å²) in [5.74, 6) is -4.61. The Balaban J connectivity index is 2.86. The van der Waals surface area contributed by atoms with Gasteiger partial charge in [-0.3, -0.25) is 19.2 Å². The van der Waals surface area contributed by atoms with Crippen LogP contribution in [0.4, 0.5) is 0 Å². The van der Waals surface area contributed by atoms with Crippen molar-refractivity contribution in [3.63, 3.8) is 0 Å². The zero-order valence-electron chi connectivity index (χ0n) is 21.4. The van der Waals surface area contributed by atoms with Gasteiger partial charge in [0.25, 0.3) is 5.79 Å². The van der Waals surface area contributed by atoms with Crippen LogP contribution < -0.4 is 0 Å². The van der Waals surface area contributed by atoms with E-state index in [1.807, 2.05) is 20.8 Å². The topological polar surface area (TPSA) is 96.0 Å². The quantitative estimate of drug-likeness (QED) is 0.308. The molecule has 33 heavy (non-hydrogen) atoms. The smallest absolute Gasteiger partial charge is 0.306 e. The summed E-state index contributed by atoms with van der Waals surface area (Å²) in [5.41, 5.74) is -1.48. The molecule has 2 aliphatic rings. The second-order valence-corrected chi connectivity index (χ2v) is 10.9. The van der Waals surface area contributed by atoms with Gasteiger partial charge in [-0.2, -0.15) is 0 Å². The third-order valence-electron chi connectivity index (χ3n) is 7.85. The molecule has 7 nitrogen and oxygen atoms in total.